The molecule has 3 aromatic rings. The zero-order valence-electron chi connectivity index (χ0n) is 21.8. The van der Waals surface area contributed by atoms with E-state index in [1.807, 2.05) is 61.7 Å². The van der Waals surface area contributed by atoms with Crippen LogP contribution in [0.3, 0.4) is 0 Å². The number of rotatable bonds is 7. The van der Waals surface area contributed by atoms with Gasteiger partial charge in [0.2, 0.25) is 0 Å². The van der Waals surface area contributed by atoms with E-state index in [2.05, 4.69) is 16.2 Å². The van der Waals surface area contributed by atoms with Crippen molar-refractivity contribution in [3.63, 3.8) is 0 Å². The number of fused-ring (bicyclic) bond motifs is 1. The summed E-state index contributed by atoms with van der Waals surface area (Å²) in [5.74, 6) is 3.39. The molecule has 0 amide bonds. The molecule has 5 rings (SSSR count). The van der Waals surface area contributed by atoms with E-state index in [1.54, 1.807) is 13.4 Å². The topological polar surface area (TPSA) is 97.5 Å². The molecule has 2 aliphatic rings. The van der Waals surface area contributed by atoms with E-state index in [4.69, 9.17) is 9.47 Å². The van der Waals surface area contributed by atoms with E-state index in [0.717, 1.165) is 33.5 Å². The van der Waals surface area contributed by atoms with Crippen molar-refractivity contribution in [3.8, 4) is 5.75 Å². The molecule has 0 bridgehead atoms. The summed E-state index contributed by atoms with van der Waals surface area (Å²) < 4.78 is 23.2. The summed E-state index contributed by atoms with van der Waals surface area (Å²) in [5.41, 5.74) is 5.23. The predicted octanol–water partition coefficient (Wildman–Crippen LogP) is 4.92. The molecule has 2 unspecified atom stereocenters. The molecule has 0 saturated heterocycles. The summed E-state index contributed by atoms with van der Waals surface area (Å²) in [4.78, 5) is 30.7. The number of H-pyrrole nitrogens is 1. The lowest BCUT2D eigenvalue weighted by molar-refractivity contribution is -0.138. The van der Waals surface area contributed by atoms with Crippen LogP contribution in [0.1, 0.15) is 45.6 Å². The fourth-order valence-electron chi connectivity index (χ4n) is 5.59. The molecular weight excluding hydrogens is 500 g/mol. The molecule has 1 aromatic heterocycles. The van der Waals surface area contributed by atoms with Crippen LogP contribution in [-0.2, 0) is 23.8 Å². The van der Waals surface area contributed by atoms with Crippen LogP contribution in [0, 0.1) is 0 Å². The quantitative estimate of drug-likeness (QED) is 0.329. The Hall–Kier alpha value is -3.78. The first-order chi connectivity index (χ1) is 18.2. The molecule has 3 atom stereocenters. The van der Waals surface area contributed by atoms with Crippen LogP contribution >= 0.6 is 0 Å². The minimum atomic E-state index is -2.30. The number of carbonyl (C=O) groups excluding carboxylic acids is 2. The maximum Gasteiger partial charge on any atom is 0.336 e. The Kier molecular flexibility index (Phi) is 6.92. The maximum absolute atomic E-state index is 13.9. The van der Waals surface area contributed by atoms with E-state index in [9.17, 15) is 13.8 Å². The second kappa shape index (κ2) is 10.2. The molecule has 7 nitrogen and oxygen atoms in total. The van der Waals surface area contributed by atoms with Crippen LogP contribution in [0.15, 0.2) is 77.3 Å². The number of carbonyl (C=O) groups is 2. The number of Topliss-reactive ketones (excluding diaryl/α,β-unsaturated/α-hetero) is 1. The number of aromatic nitrogens is 1. The van der Waals surface area contributed by atoms with E-state index in [-0.39, 0.29) is 26.9 Å². The number of hydrogen-bond acceptors (Lipinski definition) is 6. The standard InChI is InChI=1S/C30H32N2O5S.2H2/c1-18-27(30(34)37-14-15-38(3,4)35)28(22-9-7-10-23-21(22)12-13-31-23)29-24(32-18)16-19(17-25(29)33)20-8-5-6-11-26(20)36-2;;/h5-13,19,28,31-32H,3,14-17H2,1-2,4H3;2*1H/t19-,28?,38?;;/m1../s1. The summed E-state index contributed by atoms with van der Waals surface area (Å²) in [6.45, 7) is 1.83. The van der Waals surface area contributed by atoms with E-state index >= 15 is 0 Å². The minimum Gasteiger partial charge on any atom is -0.496 e. The number of aromatic amines is 1. The molecule has 0 fully saturated rings. The fourth-order valence-corrected chi connectivity index (χ4v) is 6.03. The van der Waals surface area contributed by atoms with Crippen LogP contribution in [0.2, 0.25) is 0 Å². The number of dihydropyridines is 1. The molecule has 1 aliphatic carbocycles. The van der Waals surface area contributed by atoms with Crippen molar-refractivity contribution in [2.24, 2.45) is 0 Å². The van der Waals surface area contributed by atoms with Crippen LogP contribution < -0.4 is 10.1 Å². The Balaban J connectivity index is 0.00000220. The van der Waals surface area contributed by atoms with E-state index in [1.165, 1.54) is 0 Å². The van der Waals surface area contributed by atoms with Crippen molar-refractivity contribution in [2.45, 2.75) is 31.6 Å². The Labute approximate surface area is 225 Å². The molecular formula is C30H36N2O5S. The summed E-state index contributed by atoms with van der Waals surface area (Å²) in [6.07, 6.45) is 4.31. The Bertz CT molecular complexity index is 1610. The van der Waals surface area contributed by atoms with Crippen molar-refractivity contribution in [3.05, 3.63) is 88.4 Å². The van der Waals surface area contributed by atoms with Gasteiger partial charge in [-0.15, -0.1) is 0 Å². The Morgan fingerprint density at radius 3 is 2.66 bits per heavy atom. The van der Waals surface area contributed by atoms with Gasteiger partial charge in [0.25, 0.3) is 0 Å². The maximum atomic E-state index is 13.9. The second-order valence-corrected chi connectivity index (χ2v) is 12.8. The summed E-state index contributed by atoms with van der Waals surface area (Å²) in [7, 11) is -0.668. The van der Waals surface area contributed by atoms with Gasteiger partial charge in [-0.05, 0) is 58.1 Å². The Morgan fingerprint density at radius 1 is 1.13 bits per heavy atom. The van der Waals surface area contributed by atoms with Gasteiger partial charge >= 0.3 is 5.97 Å². The lowest BCUT2D eigenvalue weighted by Crippen LogP contribution is -2.36. The van der Waals surface area contributed by atoms with Crippen LogP contribution in [0.4, 0.5) is 0 Å². The predicted molar refractivity (Wildman–Crippen MR) is 155 cm³/mol. The molecule has 0 saturated carbocycles. The number of ketones is 1. The average Bonchev–Trinajstić information content (AvgIpc) is 3.36. The zero-order valence-corrected chi connectivity index (χ0v) is 22.7. The number of para-hydroxylation sites is 1. The van der Waals surface area contributed by atoms with Crippen LogP contribution in [0.5, 0.6) is 5.75 Å². The van der Waals surface area contributed by atoms with E-state index in [0.29, 0.717) is 29.7 Å². The largest absolute Gasteiger partial charge is 0.496 e. The first kappa shape index (κ1) is 25.9. The molecule has 202 valence electrons. The highest BCUT2D eigenvalue weighted by Gasteiger charge is 2.42. The van der Waals surface area contributed by atoms with Gasteiger partial charge in [-0.3, -0.25) is 9.00 Å². The SMILES string of the molecule is C=S(C)(=O)CCOC(=O)C1=C(C)NC2=C(C(=O)C[C@H](c3ccccc3OC)C2)C1c1cccc2[nH]ccc12.[HH].[HH]. The fraction of sp³-hybridized carbons (Fsp3) is 0.300. The smallest absolute Gasteiger partial charge is 0.336 e. The molecule has 2 aromatic carbocycles. The minimum absolute atomic E-state index is 0. The third kappa shape index (κ3) is 4.88. The Morgan fingerprint density at radius 2 is 1.89 bits per heavy atom. The number of hydrogen-bond donors (Lipinski definition) is 2. The summed E-state index contributed by atoms with van der Waals surface area (Å²) >= 11 is 0. The van der Waals surface area contributed by atoms with Gasteiger partial charge in [-0.2, -0.15) is 0 Å². The lowest BCUT2D eigenvalue weighted by Gasteiger charge is -2.37. The molecule has 2 heterocycles. The first-order valence-electron chi connectivity index (χ1n) is 12.6. The number of allylic oxidation sites excluding steroid dienone is 3. The van der Waals surface area contributed by atoms with Crippen molar-refractivity contribution in [1.82, 2.24) is 10.3 Å². The first-order valence-corrected chi connectivity index (χ1v) is 14.9. The normalized spacial score (nSPS) is 21.1. The highest BCUT2D eigenvalue weighted by Crippen LogP contribution is 2.48. The van der Waals surface area contributed by atoms with Crippen molar-refractivity contribution in [1.29, 1.82) is 0 Å². The third-order valence-corrected chi connectivity index (χ3v) is 8.34. The average molecular weight is 537 g/mol. The number of ether oxygens (including phenoxy) is 2. The van der Waals surface area contributed by atoms with E-state index < -0.39 is 21.4 Å². The second-order valence-electron chi connectivity index (χ2n) is 10.1. The third-order valence-electron chi connectivity index (χ3n) is 7.31. The van der Waals surface area contributed by atoms with Crippen molar-refractivity contribution in [2.75, 3.05) is 25.7 Å². The van der Waals surface area contributed by atoms with Gasteiger partial charge in [-0.1, -0.05) is 30.3 Å². The molecule has 0 spiro atoms. The summed E-state index contributed by atoms with van der Waals surface area (Å²) in [6, 6.07) is 15.6. The number of methoxy groups -OCH3 is 1. The molecule has 38 heavy (non-hydrogen) atoms. The van der Waals surface area contributed by atoms with Crippen molar-refractivity contribution < 1.29 is 26.1 Å². The highest BCUT2D eigenvalue weighted by atomic mass is 32.2. The van der Waals surface area contributed by atoms with Gasteiger partial charge in [0.05, 0.1) is 12.7 Å². The number of nitrogens with one attached hydrogen (secondary N) is 2. The van der Waals surface area contributed by atoms with Gasteiger partial charge < -0.3 is 19.8 Å². The molecule has 2 N–H and O–H groups in total. The number of esters is 1. The van der Waals surface area contributed by atoms with Crippen molar-refractivity contribution >= 4 is 38.0 Å². The molecule has 1 aliphatic heterocycles. The number of benzene rings is 2. The van der Waals surface area contributed by atoms with Crippen LogP contribution in [0.25, 0.3) is 10.9 Å². The summed E-state index contributed by atoms with van der Waals surface area (Å²) in [5, 5.41) is 4.33. The van der Waals surface area contributed by atoms with Gasteiger partial charge in [0.1, 0.15) is 12.4 Å². The molecule has 0 radical (unpaired) electrons. The van der Waals surface area contributed by atoms with Gasteiger partial charge in [-0.25, -0.2) is 4.79 Å². The molecule has 8 heteroatoms. The monoisotopic (exact) mass is 536 g/mol. The lowest BCUT2D eigenvalue weighted by atomic mass is 9.71. The van der Waals surface area contributed by atoms with Gasteiger partial charge in [0.15, 0.2) is 5.78 Å². The zero-order chi connectivity index (χ0) is 27.0. The van der Waals surface area contributed by atoms with Gasteiger partial charge in [0, 0.05) is 67.2 Å². The highest BCUT2D eigenvalue weighted by molar-refractivity contribution is 7.99. The van der Waals surface area contributed by atoms with Crippen LogP contribution in [-0.4, -0.2) is 52.5 Å².